The Kier molecular flexibility index (Phi) is 3.44. The first-order chi connectivity index (χ1) is 13.3. The number of fused-ring (bicyclic) bond motifs is 2. The number of carbonyl (C=O) groups is 1. The first-order valence-corrected chi connectivity index (χ1v) is 8.69. The summed E-state index contributed by atoms with van der Waals surface area (Å²) in [6, 6.07) is 26.4. The number of esters is 1. The smallest absolute Gasteiger partial charge is 0.342 e. The zero-order valence-corrected chi connectivity index (χ0v) is 14.3. The lowest BCUT2D eigenvalue weighted by Crippen LogP contribution is -2.35. The lowest BCUT2D eigenvalue weighted by atomic mass is 9.95. The van der Waals surface area contributed by atoms with Crippen molar-refractivity contribution in [2.45, 2.75) is 5.79 Å². The van der Waals surface area contributed by atoms with Crippen LogP contribution in [-0.2, 0) is 10.5 Å². The van der Waals surface area contributed by atoms with Gasteiger partial charge in [0.05, 0.1) is 11.1 Å². The summed E-state index contributed by atoms with van der Waals surface area (Å²) in [7, 11) is 0. The predicted molar refractivity (Wildman–Crippen MR) is 101 cm³/mol. The Hall–Kier alpha value is -3.66. The molecule has 1 aliphatic rings. The predicted octanol–water partition coefficient (Wildman–Crippen LogP) is 4.69. The maximum atomic E-state index is 12.6. The lowest BCUT2D eigenvalue weighted by Gasteiger charge is -2.30. The van der Waals surface area contributed by atoms with Crippen molar-refractivity contribution in [3.05, 3.63) is 108 Å². The summed E-state index contributed by atoms with van der Waals surface area (Å²) in [5.41, 5.74) is 2.66. The molecule has 1 aliphatic heterocycles. The van der Waals surface area contributed by atoms with Crippen LogP contribution >= 0.6 is 0 Å². The summed E-state index contributed by atoms with van der Waals surface area (Å²) in [4.78, 5) is 17.0. The SMILES string of the molecule is O=C1O[C@@](Oc2cccc3cccnc23)(c2ccccc2)c2ccccc21. The molecule has 3 aromatic carbocycles. The van der Waals surface area contributed by atoms with E-state index >= 15 is 0 Å². The van der Waals surface area contributed by atoms with Crippen LogP contribution in [0.2, 0.25) is 0 Å². The second-order valence-corrected chi connectivity index (χ2v) is 6.35. The van der Waals surface area contributed by atoms with E-state index in [0.717, 1.165) is 16.5 Å². The molecule has 0 aliphatic carbocycles. The van der Waals surface area contributed by atoms with E-state index < -0.39 is 11.8 Å². The average Bonchev–Trinajstić information content (AvgIpc) is 3.02. The molecule has 4 nitrogen and oxygen atoms in total. The number of ether oxygens (including phenoxy) is 2. The summed E-state index contributed by atoms with van der Waals surface area (Å²) in [6.45, 7) is 0. The molecule has 1 aromatic heterocycles. The fourth-order valence-corrected chi connectivity index (χ4v) is 3.51. The number of nitrogens with zero attached hydrogens (tertiary/aromatic N) is 1. The van der Waals surface area contributed by atoms with Crippen molar-refractivity contribution in [2.75, 3.05) is 0 Å². The van der Waals surface area contributed by atoms with Crippen molar-refractivity contribution in [3.8, 4) is 5.75 Å². The first-order valence-electron chi connectivity index (χ1n) is 8.69. The van der Waals surface area contributed by atoms with Crippen LogP contribution in [0.25, 0.3) is 10.9 Å². The van der Waals surface area contributed by atoms with Crippen molar-refractivity contribution in [3.63, 3.8) is 0 Å². The van der Waals surface area contributed by atoms with E-state index in [1.165, 1.54) is 0 Å². The zero-order valence-electron chi connectivity index (χ0n) is 14.3. The quantitative estimate of drug-likeness (QED) is 0.502. The average molecular weight is 353 g/mol. The minimum atomic E-state index is -1.35. The van der Waals surface area contributed by atoms with E-state index in [1.807, 2.05) is 78.9 Å². The van der Waals surface area contributed by atoms with E-state index in [0.29, 0.717) is 16.9 Å². The van der Waals surface area contributed by atoms with E-state index in [2.05, 4.69) is 4.98 Å². The number of pyridine rings is 1. The van der Waals surface area contributed by atoms with Crippen molar-refractivity contribution < 1.29 is 14.3 Å². The van der Waals surface area contributed by atoms with Crippen LogP contribution < -0.4 is 4.74 Å². The van der Waals surface area contributed by atoms with Gasteiger partial charge in [-0.1, -0.05) is 60.7 Å². The van der Waals surface area contributed by atoms with Gasteiger partial charge in [-0.05, 0) is 24.3 Å². The Morgan fingerprint density at radius 3 is 2.48 bits per heavy atom. The molecular weight excluding hydrogens is 338 g/mol. The molecule has 5 rings (SSSR count). The van der Waals surface area contributed by atoms with E-state index in [9.17, 15) is 4.79 Å². The minimum absolute atomic E-state index is 0.400. The van der Waals surface area contributed by atoms with Crippen molar-refractivity contribution in [2.24, 2.45) is 0 Å². The molecule has 4 heteroatoms. The normalized spacial score (nSPS) is 18.1. The number of para-hydroxylation sites is 1. The van der Waals surface area contributed by atoms with Gasteiger partial charge >= 0.3 is 11.8 Å². The maximum Gasteiger partial charge on any atom is 0.342 e. The largest absolute Gasteiger partial charge is 0.442 e. The van der Waals surface area contributed by atoms with Crippen molar-refractivity contribution in [1.82, 2.24) is 4.98 Å². The van der Waals surface area contributed by atoms with Gasteiger partial charge in [-0.15, -0.1) is 0 Å². The molecule has 0 amide bonds. The van der Waals surface area contributed by atoms with Gasteiger partial charge in [0, 0.05) is 17.1 Å². The summed E-state index contributed by atoms with van der Waals surface area (Å²) in [6.07, 6.45) is 1.72. The van der Waals surface area contributed by atoms with Gasteiger partial charge in [0.15, 0.2) is 5.75 Å². The highest BCUT2D eigenvalue weighted by molar-refractivity contribution is 5.95. The van der Waals surface area contributed by atoms with E-state index in [4.69, 9.17) is 9.47 Å². The van der Waals surface area contributed by atoms with Gasteiger partial charge in [0.2, 0.25) is 0 Å². The second-order valence-electron chi connectivity index (χ2n) is 6.35. The lowest BCUT2D eigenvalue weighted by molar-refractivity contribution is -0.108. The molecule has 0 fully saturated rings. The van der Waals surface area contributed by atoms with Gasteiger partial charge in [-0.2, -0.15) is 0 Å². The van der Waals surface area contributed by atoms with E-state index in [-0.39, 0.29) is 0 Å². The number of carbonyl (C=O) groups excluding carboxylic acids is 1. The Balaban J connectivity index is 1.75. The molecule has 130 valence electrons. The van der Waals surface area contributed by atoms with Crippen molar-refractivity contribution in [1.29, 1.82) is 0 Å². The van der Waals surface area contributed by atoms with Gasteiger partial charge in [-0.25, -0.2) is 4.79 Å². The minimum Gasteiger partial charge on any atom is -0.442 e. The van der Waals surface area contributed by atoms with Crippen LogP contribution in [-0.4, -0.2) is 11.0 Å². The van der Waals surface area contributed by atoms with Gasteiger partial charge in [0.1, 0.15) is 5.52 Å². The monoisotopic (exact) mass is 353 g/mol. The molecular formula is C23H15NO3. The molecule has 0 saturated heterocycles. The Morgan fingerprint density at radius 2 is 1.59 bits per heavy atom. The molecule has 0 spiro atoms. The summed E-state index contributed by atoms with van der Waals surface area (Å²) >= 11 is 0. The zero-order chi connectivity index (χ0) is 18.3. The van der Waals surface area contributed by atoms with Gasteiger partial charge in [-0.3, -0.25) is 4.98 Å². The molecule has 2 heterocycles. The third-order valence-electron chi connectivity index (χ3n) is 4.74. The Bertz CT molecular complexity index is 1150. The number of hydrogen-bond acceptors (Lipinski definition) is 4. The fraction of sp³-hybridized carbons (Fsp3) is 0.0435. The Labute approximate surface area is 156 Å². The highest BCUT2D eigenvalue weighted by Crippen LogP contribution is 2.44. The van der Waals surface area contributed by atoms with Crippen LogP contribution in [0, 0.1) is 0 Å². The van der Waals surface area contributed by atoms with Gasteiger partial charge < -0.3 is 9.47 Å². The van der Waals surface area contributed by atoms with Gasteiger partial charge in [0.25, 0.3) is 0 Å². The molecule has 4 aromatic rings. The number of benzene rings is 3. The summed E-state index contributed by atoms with van der Waals surface area (Å²) in [5, 5.41) is 0.954. The fourth-order valence-electron chi connectivity index (χ4n) is 3.51. The third kappa shape index (κ3) is 2.38. The van der Waals surface area contributed by atoms with Crippen LogP contribution in [0.1, 0.15) is 21.5 Å². The van der Waals surface area contributed by atoms with Crippen LogP contribution in [0.5, 0.6) is 5.75 Å². The molecule has 0 bridgehead atoms. The standard InChI is InChI=1S/C23H15NO3/c25-22-18-12-4-5-13-19(18)23(27-22,17-10-2-1-3-11-17)26-20-14-6-8-16-9-7-15-24-21(16)20/h1-15H/t23-/m0/s1. The molecule has 0 radical (unpaired) electrons. The third-order valence-corrected chi connectivity index (χ3v) is 4.74. The Morgan fingerprint density at radius 1 is 0.815 bits per heavy atom. The molecule has 0 N–H and O–H groups in total. The van der Waals surface area contributed by atoms with Crippen LogP contribution in [0.15, 0.2) is 91.1 Å². The number of cyclic esters (lactones) is 1. The van der Waals surface area contributed by atoms with Crippen molar-refractivity contribution >= 4 is 16.9 Å². The number of hydrogen-bond donors (Lipinski definition) is 0. The highest BCUT2D eigenvalue weighted by Gasteiger charge is 2.49. The van der Waals surface area contributed by atoms with Crippen LogP contribution in [0.3, 0.4) is 0 Å². The van der Waals surface area contributed by atoms with E-state index in [1.54, 1.807) is 12.3 Å². The first kappa shape index (κ1) is 15.6. The summed E-state index contributed by atoms with van der Waals surface area (Å²) < 4.78 is 12.3. The topological polar surface area (TPSA) is 48.4 Å². The summed E-state index contributed by atoms with van der Waals surface area (Å²) in [5.74, 6) is -1.19. The number of rotatable bonds is 3. The molecule has 0 saturated carbocycles. The maximum absolute atomic E-state index is 12.6. The second kappa shape index (κ2) is 5.95. The highest BCUT2D eigenvalue weighted by atomic mass is 16.7. The number of aromatic nitrogens is 1. The van der Waals surface area contributed by atoms with Crippen LogP contribution in [0.4, 0.5) is 0 Å². The molecule has 0 unspecified atom stereocenters. The molecule has 1 atom stereocenters. The molecule has 27 heavy (non-hydrogen) atoms.